The third-order valence-electron chi connectivity index (χ3n) is 1.91. The van der Waals surface area contributed by atoms with Crippen LogP contribution in [0.5, 0.6) is 0 Å². The Hall–Kier alpha value is -1.35. The van der Waals surface area contributed by atoms with Crippen molar-refractivity contribution in [3.8, 4) is 0 Å². The quantitative estimate of drug-likeness (QED) is 0.588. The second-order valence-corrected chi connectivity index (χ2v) is 3.48. The second-order valence-electron chi connectivity index (χ2n) is 3.48. The van der Waals surface area contributed by atoms with Gasteiger partial charge in [0.15, 0.2) is 6.23 Å². The Labute approximate surface area is 83.9 Å². The van der Waals surface area contributed by atoms with E-state index < -0.39 is 6.23 Å². The van der Waals surface area contributed by atoms with Gasteiger partial charge in [0.1, 0.15) is 0 Å². The van der Waals surface area contributed by atoms with Gasteiger partial charge in [0.2, 0.25) is 0 Å². The molecule has 76 valence electrons. The van der Waals surface area contributed by atoms with Crippen LogP contribution in [0.25, 0.3) is 0 Å². The molecule has 1 atom stereocenters. The maximum absolute atomic E-state index is 11.5. The van der Waals surface area contributed by atoms with Crippen LogP contribution in [-0.2, 0) is 4.74 Å². The lowest BCUT2D eigenvalue weighted by atomic mass is 10.2. The van der Waals surface area contributed by atoms with Crippen molar-refractivity contribution in [2.24, 2.45) is 11.7 Å². The molecule has 0 saturated carbocycles. The van der Waals surface area contributed by atoms with Gasteiger partial charge in [-0.1, -0.05) is 32.0 Å². The average molecular weight is 193 g/mol. The fraction of sp³-hybridized carbons (Fsp3) is 0.364. The fourth-order valence-corrected chi connectivity index (χ4v) is 0.902. The van der Waals surface area contributed by atoms with Crippen molar-refractivity contribution in [2.75, 3.05) is 0 Å². The lowest BCUT2D eigenvalue weighted by Gasteiger charge is -2.16. The summed E-state index contributed by atoms with van der Waals surface area (Å²) in [5.74, 6) is -0.241. The number of esters is 1. The monoisotopic (exact) mass is 193 g/mol. The van der Waals surface area contributed by atoms with Gasteiger partial charge in [-0.3, -0.25) is 5.73 Å². The van der Waals surface area contributed by atoms with E-state index >= 15 is 0 Å². The summed E-state index contributed by atoms with van der Waals surface area (Å²) in [5, 5.41) is 0. The van der Waals surface area contributed by atoms with Gasteiger partial charge >= 0.3 is 5.97 Å². The SMILES string of the molecule is CC(C)C(N)OC(=O)c1ccccc1. The highest BCUT2D eigenvalue weighted by Crippen LogP contribution is 2.06. The van der Waals surface area contributed by atoms with Crippen molar-refractivity contribution >= 4 is 5.97 Å². The molecule has 3 heteroatoms. The molecule has 0 radical (unpaired) electrons. The van der Waals surface area contributed by atoms with E-state index in [0.29, 0.717) is 5.56 Å². The first-order chi connectivity index (χ1) is 6.61. The second kappa shape index (κ2) is 4.77. The number of carbonyl (C=O) groups is 1. The highest BCUT2D eigenvalue weighted by molar-refractivity contribution is 5.89. The number of nitrogens with two attached hydrogens (primary N) is 1. The number of hydrogen-bond donors (Lipinski definition) is 1. The molecule has 0 saturated heterocycles. The number of hydrogen-bond acceptors (Lipinski definition) is 3. The summed E-state index contributed by atoms with van der Waals surface area (Å²) in [5.41, 5.74) is 6.14. The van der Waals surface area contributed by atoms with Crippen molar-refractivity contribution in [1.82, 2.24) is 0 Å². The smallest absolute Gasteiger partial charge is 0.339 e. The number of ether oxygens (including phenoxy) is 1. The Morgan fingerprint density at radius 1 is 1.29 bits per heavy atom. The van der Waals surface area contributed by atoms with Crippen LogP contribution in [0.3, 0.4) is 0 Å². The fourth-order valence-electron chi connectivity index (χ4n) is 0.902. The van der Waals surface area contributed by atoms with E-state index in [2.05, 4.69) is 0 Å². The molecule has 1 aromatic carbocycles. The Balaban J connectivity index is 2.60. The molecule has 1 aromatic rings. The minimum Gasteiger partial charge on any atom is -0.443 e. The first-order valence-corrected chi connectivity index (χ1v) is 4.63. The van der Waals surface area contributed by atoms with Gasteiger partial charge in [-0.2, -0.15) is 0 Å². The van der Waals surface area contributed by atoms with Crippen molar-refractivity contribution in [3.63, 3.8) is 0 Å². The van der Waals surface area contributed by atoms with Crippen LogP contribution in [0.1, 0.15) is 24.2 Å². The molecule has 0 aliphatic rings. The molecule has 0 spiro atoms. The zero-order valence-electron chi connectivity index (χ0n) is 8.44. The predicted octanol–water partition coefficient (Wildman–Crippen LogP) is 1.78. The van der Waals surface area contributed by atoms with Gasteiger partial charge < -0.3 is 4.74 Å². The summed E-state index contributed by atoms with van der Waals surface area (Å²) in [6.07, 6.45) is -0.539. The number of benzene rings is 1. The first-order valence-electron chi connectivity index (χ1n) is 4.63. The Bertz CT molecular complexity index is 295. The molecule has 0 aromatic heterocycles. The summed E-state index contributed by atoms with van der Waals surface area (Å²) in [6.45, 7) is 3.81. The average Bonchev–Trinajstić information content (AvgIpc) is 2.19. The van der Waals surface area contributed by atoms with Crippen molar-refractivity contribution in [3.05, 3.63) is 35.9 Å². The topological polar surface area (TPSA) is 52.3 Å². The van der Waals surface area contributed by atoms with Crippen LogP contribution in [-0.4, -0.2) is 12.2 Å². The molecule has 14 heavy (non-hydrogen) atoms. The first kappa shape index (κ1) is 10.7. The molecule has 0 amide bonds. The molecule has 3 nitrogen and oxygen atoms in total. The van der Waals surface area contributed by atoms with Crippen LogP contribution in [0.15, 0.2) is 30.3 Å². The van der Waals surface area contributed by atoms with E-state index in [-0.39, 0.29) is 11.9 Å². The summed E-state index contributed by atoms with van der Waals surface area (Å²) >= 11 is 0. The van der Waals surface area contributed by atoms with Crippen LogP contribution >= 0.6 is 0 Å². The molecular formula is C11H15NO2. The molecule has 0 aliphatic carbocycles. The van der Waals surface area contributed by atoms with E-state index in [0.717, 1.165) is 0 Å². The Kier molecular flexibility index (Phi) is 3.65. The van der Waals surface area contributed by atoms with Crippen LogP contribution in [0.2, 0.25) is 0 Å². The zero-order valence-corrected chi connectivity index (χ0v) is 8.44. The predicted molar refractivity (Wildman–Crippen MR) is 54.7 cm³/mol. The normalized spacial score (nSPS) is 12.6. The summed E-state index contributed by atoms with van der Waals surface area (Å²) in [4.78, 5) is 11.5. The third-order valence-corrected chi connectivity index (χ3v) is 1.91. The van der Waals surface area contributed by atoms with Gasteiger partial charge in [-0.05, 0) is 12.1 Å². The minimum atomic E-state index is -0.539. The van der Waals surface area contributed by atoms with Gasteiger partial charge in [0.25, 0.3) is 0 Å². The standard InChI is InChI=1S/C11H15NO2/c1-8(2)10(12)14-11(13)9-6-4-3-5-7-9/h3-8,10H,12H2,1-2H3. The van der Waals surface area contributed by atoms with Crippen molar-refractivity contribution in [1.29, 1.82) is 0 Å². The lowest BCUT2D eigenvalue weighted by Crippen LogP contribution is -2.32. The molecule has 0 heterocycles. The molecule has 1 rings (SSSR count). The van der Waals surface area contributed by atoms with E-state index in [1.807, 2.05) is 19.9 Å². The van der Waals surface area contributed by atoms with E-state index in [4.69, 9.17) is 10.5 Å². The van der Waals surface area contributed by atoms with Crippen LogP contribution in [0.4, 0.5) is 0 Å². The molecular weight excluding hydrogens is 178 g/mol. The maximum atomic E-state index is 11.5. The van der Waals surface area contributed by atoms with E-state index in [1.54, 1.807) is 24.3 Å². The summed E-state index contributed by atoms with van der Waals surface area (Å²) < 4.78 is 5.04. The molecule has 0 fully saturated rings. The molecule has 2 N–H and O–H groups in total. The van der Waals surface area contributed by atoms with Crippen LogP contribution in [0, 0.1) is 5.92 Å². The van der Waals surface area contributed by atoms with E-state index in [9.17, 15) is 4.79 Å². The van der Waals surface area contributed by atoms with E-state index in [1.165, 1.54) is 0 Å². The minimum absolute atomic E-state index is 0.127. The Morgan fingerprint density at radius 3 is 2.36 bits per heavy atom. The molecule has 1 unspecified atom stereocenters. The summed E-state index contributed by atoms with van der Waals surface area (Å²) in [6, 6.07) is 8.83. The van der Waals surface area contributed by atoms with Crippen LogP contribution < -0.4 is 5.73 Å². The maximum Gasteiger partial charge on any atom is 0.339 e. The zero-order chi connectivity index (χ0) is 10.6. The van der Waals surface area contributed by atoms with Gasteiger partial charge in [0.05, 0.1) is 5.56 Å². The van der Waals surface area contributed by atoms with Gasteiger partial charge in [0, 0.05) is 5.92 Å². The molecule has 0 aliphatic heterocycles. The summed E-state index contributed by atoms with van der Waals surface area (Å²) in [7, 11) is 0. The van der Waals surface area contributed by atoms with Gasteiger partial charge in [-0.15, -0.1) is 0 Å². The Morgan fingerprint density at radius 2 is 1.86 bits per heavy atom. The highest BCUT2D eigenvalue weighted by Gasteiger charge is 2.14. The lowest BCUT2D eigenvalue weighted by molar-refractivity contribution is 0.0203. The number of rotatable bonds is 3. The van der Waals surface area contributed by atoms with Crippen molar-refractivity contribution < 1.29 is 9.53 Å². The van der Waals surface area contributed by atoms with Gasteiger partial charge in [-0.25, -0.2) is 4.79 Å². The third kappa shape index (κ3) is 2.85. The largest absolute Gasteiger partial charge is 0.443 e. The van der Waals surface area contributed by atoms with Crippen molar-refractivity contribution in [2.45, 2.75) is 20.1 Å². The highest BCUT2D eigenvalue weighted by atomic mass is 16.6. The number of carbonyl (C=O) groups excluding carboxylic acids is 1. The molecule has 0 bridgehead atoms.